The maximum atomic E-state index is 3.81. The van der Waals surface area contributed by atoms with Gasteiger partial charge < -0.3 is 0 Å². The molecule has 1 aliphatic rings. The molecule has 14 heavy (non-hydrogen) atoms. The zero-order valence-electron chi connectivity index (χ0n) is 9.72. The van der Waals surface area contributed by atoms with Crippen LogP contribution in [0, 0.1) is 5.41 Å². The van der Waals surface area contributed by atoms with E-state index in [9.17, 15) is 0 Å². The summed E-state index contributed by atoms with van der Waals surface area (Å²) in [6, 6.07) is 0. The molecule has 0 aromatic carbocycles. The topological polar surface area (TPSA) is 0 Å². The van der Waals surface area contributed by atoms with Crippen LogP contribution >= 0.6 is 0 Å². The Morgan fingerprint density at radius 3 is 2.43 bits per heavy atom. The minimum Gasteiger partial charge on any atom is -0.103 e. The van der Waals surface area contributed by atoms with E-state index in [1.165, 1.54) is 16.7 Å². The minimum atomic E-state index is 0.218. The van der Waals surface area contributed by atoms with Gasteiger partial charge in [-0.25, -0.2) is 0 Å². The predicted molar refractivity (Wildman–Crippen MR) is 64.2 cm³/mol. The minimum absolute atomic E-state index is 0.218. The zero-order chi connectivity index (χ0) is 10.8. The maximum Gasteiger partial charge on any atom is -0.00690 e. The molecule has 0 bridgehead atoms. The van der Waals surface area contributed by atoms with Gasteiger partial charge in [-0.2, -0.15) is 0 Å². The van der Waals surface area contributed by atoms with Crippen molar-refractivity contribution in [3.8, 4) is 0 Å². The molecule has 76 valence electrons. The van der Waals surface area contributed by atoms with Gasteiger partial charge in [0.2, 0.25) is 0 Å². The third kappa shape index (κ3) is 2.25. The molecule has 0 fully saturated rings. The van der Waals surface area contributed by atoms with E-state index in [0.29, 0.717) is 0 Å². The Labute approximate surface area is 87.7 Å². The van der Waals surface area contributed by atoms with Crippen molar-refractivity contribution in [1.82, 2.24) is 0 Å². The number of hydrogen-bond donors (Lipinski definition) is 0. The smallest absolute Gasteiger partial charge is 0.00690 e. The second-order valence-corrected chi connectivity index (χ2v) is 4.77. The lowest BCUT2D eigenvalue weighted by atomic mass is 9.81. The van der Waals surface area contributed by atoms with E-state index in [0.717, 1.165) is 6.42 Å². The lowest BCUT2D eigenvalue weighted by molar-refractivity contribution is 0.466. The Kier molecular flexibility index (Phi) is 3.15. The summed E-state index contributed by atoms with van der Waals surface area (Å²) in [4.78, 5) is 0. The predicted octanol–water partition coefficient (Wildman–Crippen LogP) is 4.42. The van der Waals surface area contributed by atoms with Crippen LogP contribution in [0.25, 0.3) is 0 Å². The Morgan fingerprint density at radius 1 is 1.36 bits per heavy atom. The highest BCUT2D eigenvalue weighted by atomic mass is 14.3. The standard InChI is InChI=1S/C14H20/c1-6-9-14(4,5)13-8-7-12(10-13)11(2)3/h6-8,10H,1,9H2,2-5H3. The molecule has 1 aliphatic carbocycles. The SMILES string of the molecule is C=CCC(C)(C)C1=CC(=C(C)C)C=C1. The molecule has 0 nitrogen and oxygen atoms in total. The molecule has 0 saturated heterocycles. The summed E-state index contributed by atoms with van der Waals surface area (Å²) in [6.07, 6.45) is 9.74. The van der Waals surface area contributed by atoms with Gasteiger partial charge in [0.1, 0.15) is 0 Å². The first-order valence-corrected chi connectivity index (χ1v) is 5.16. The van der Waals surface area contributed by atoms with Gasteiger partial charge in [-0.15, -0.1) is 6.58 Å². The molecule has 0 aromatic rings. The molecule has 1 rings (SSSR count). The van der Waals surface area contributed by atoms with Crippen LogP contribution in [-0.4, -0.2) is 0 Å². The fourth-order valence-electron chi connectivity index (χ4n) is 1.65. The molecule has 0 aromatic heterocycles. The molecule has 0 heterocycles. The van der Waals surface area contributed by atoms with Gasteiger partial charge in [0.15, 0.2) is 0 Å². The number of allylic oxidation sites excluding steroid dienone is 7. The first kappa shape index (κ1) is 11.0. The van der Waals surface area contributed by atoms with Gasteiger partial charge in [-0.1, -0.05) is 43.7 Å². The second kappa shape index (κ2) is 4.00. The maximum absolute atomic E-state index is 3.81. The molecule has 0 spiro atoms. The Morgan fingerprint density at radius 2 is 2.00 bits per heavy atom. The van der Waals surface area contributed by atoms with Crippen LogP contribution in [0.15, 0.2) is 47.6 Å². The molecule has 0 aliphatic heterocycles. The summed E-state index contributed by atoms with van der Waals surface area (Å²) in [7, 11) is 0. The van der Waals surface area contributed by atoms with Crippen molar-refractivity contribution >= 4 is 0 Å². The molecule has 0 N–H and O–H groups in total. The second-order valence-electron chi connectivity index (χ2n) is 4.77. The van der Waals surface area contributed by atoms with Gasteiger partial charge >= 0.3 is 0 Å². The van der Waals surface area contributed by atoms with Crippen LogP contribution in [0.4, 0.5) is 0 Å². The van der Waals surface area contributed by atoms with Crippen LogP contribution in [0.3, 0.4) is 0 Å². The summed E-state index contributed by atoms with van der Waals surface area (Å²) in [5, 5.41) is 0. The summed E-state index contributed by atoms with van der Waals surface area (Å²) < 4.78 is 0. The van der Waals surface area contributed by atoms with Crippen molar-refractivity contribution < 1.29 is 0 Å². The fraction of sp³-hybridized carbons (Fsp3) is 0.429. The molecule has 0 radical (unpaired) electrons. The highest BCUT2D eigenvalue weighted by Gasteiger charge is 2.22. The third-order valence-electron chi connectivity index (χ3n) is 2.77. The van der Waals surface area contributed by atoms with Gasteiger partial charge in [0, 0.05) is 0 Å². The third-order valence-corrected chi connectivity index (χ3v) is 2.77. The van der Waals surface area contributed by atoms with Crippen molar-refractivity contribution in [3.05, 3.63) is 47.6 Å². The van der Waals surface area contributed by atoms with E-state index in [1.807, 2.05) is 6.08 Å². The number of hydrogen-bond acceptors (Lipinski definition) is 0. The van der Waals surface area contributed by atoms with E-state index in [4.69, 9.17) is 0 Å². The highest BCUT2D eigenvalue weighted by Crippen LogP contribution is 2.36. The Balaban J connectivity index is 2.94. The Bertz CT molecular complexity index is 318. The van der Waals surface area contributed by atoms with Crippen LogP contribution in [0.5, 0.6) is 0 Å². The summed E-state index contributed by atoms with van der Waals surface area (Å²) in [5.41, 5.74) is 4.37. The zero-order valence-corrected chi connectivity index (χ0v) is 9.72. The molecule has 0 atom stereocenters. The largest absolute Gasteiger partial charge is 0.103 e. The van der Waals surface area contributed by atoms with Crippen LogP contribution < -0.4 is 0 Å². The van der Waals surface area contributed by atoms with Crippen molar-refractivity contribution in [1.29, 1.82) is 0 Å². The van der Waals surface area contributed by atoms with Gasteiger partial charge in [0.05, 0.1) is 0 Å². The lowest BCUT2D eigenvalue weighted by Crippen LogP contribution is -2.11. The average Bonchev–Trinajstić information content (AvgIpc) is 2.51. The van der Waals surface area contributed by atoms with Crippen molar-refractivity contribution in [2.24, 2.45) is 5.41 Å². The van der Waals surface area contributed by atoms with Crippen molar-refractivity contribution in [2.75, 3.05) is 0 Å². The lowest BCUT2D eigenvalue weighted by Gasteiger charge is -2.23. The van der Waals surface area contributed by atoms with Crippen LogP contribution in [0.1, 0.15) is 34.1 Å². The van der Waals surface area contributed by atoms with Crippen molar-refractivity contribution in [3.63, 3.8) is 0 Å². The van der Waals surface area contributed by atoms with E-state index in [1.54, 1.807) is 0 Å². The van der Waals surface area contributed by atoms with Crippen LogP contribution in [0.2, 0.25) is 0 Å². The highest BCUT2D eigenvalue weighted by molar-refractivity contribution is 5.49. The van der Waals surface area contributed by atoms with Gasteiger partial charge in [-0.05, 0) is 36.8 Å². The molecular formula is C14H20. The normalized spacial score (nSPS) is 15.7. The van der Waals surface area contributed by atoms with E-state index >= 15 is 0 Å². The van der Waals surface area contributed by atoms with Crippen molar-refractivity contribution in [2.45, 2.75) is 34.1 Å². The summed E-state index contributed by atoms with van der Waals surface area (Å²) >= 11 is 0. The first-order valence-electron chi connectivity index (χ1n) is 5.16. The van der Waals surface area contributed by atoms with Crippen LogP contribution in [-0.2, 0) is 0 Å². The van der Waals surface area contributed by atoms with E-state index in [2.05, 4.69) is 52.5 Å². The summed E-state index contributed by atoms with van der Waals surface area (Å²) in [5.74, 6) is 0. The Hall–Kier alpha value is -1.04. The summed E-state index contributed by atoms with van der Waals surface area (Å²) in [6.45, 7) is 12.6. The quantitative estimate of drug-likeness (QED) is 0.575. The molecule has 0 heteroatoms. The van der Waals surface area contributed by atoms with Gasteiger partial charge in [-0.3, -0.25) is 0 Å². The number of rotatable bonds is 3. The van der Waals surface area contributed by atoms with E-state index in [-0.39, 0.29) is 5.41 Å². The molecule has 0 unspecified atom stereocenters. The fourth-order valence-corrected chi connectivity index (χ4v) is 1.65. The van der Waals surface area contributed by atoms with Gasteiger partial charge in [0.25, 0.3) is 0 Å². The molecular weight excluding hydrogens is 168 g/mol. The molecule has 0 amide bonds. The monoisotopic (exact) mass is 188 g/mol. The first-order chi connectivity index (χ1) is 6.47. The van der Waals surface area contributed by atoms with E-state index < -0.39 is 0 Å². The average molecular weight is 188 g/mol. The molecule has 0 saturated carbocycles.